The number of nitrogens with zero attached hydrogens (tertiary/aromatic N) is 12. The molecule has 4 N–H and O–H groups in total. The molecule has 0 saturated heterocycles. The standard InChI is InChI=1S/2C32H18N8.Cu/c2*1-2-10-18-17(9-1)25-33-26(18)38-28-21-13-5-6-14-22(21)30(35-28)40-32-24-16-8-7-15-23(24)31(36-32)39-29-20-12-4-3-11-19(20)27(34-29)37-25;/h2*1-16H,(H2,33,34,35,36,37,38,39,40);/q;;+1. The van der Waals surface area contributed by atoms with Gasteiger partial charge >= 0.3 is 17.1 Å². The van der Waals surface area contributed by atoms with Gasteiger partial charge in [-0.25, -0.2) is 59.8 Å². The van der Waals surface area contributed by atoms with Gasteiger partial charge in [-0.15, -0.1) is 0 Å². The Morgan fingerprint density at radius 3 is 0.420 bits per heavy atom. The zero-order chi connectivity index (χ0) is 52.4. The summed E-state index contributed by atoms with van der Waals surface area (Å²) in [6.45, 7) is 0. The smallest absolute Gasteiger partial charge is 0.324 e. The van der Waals surface area contributed by atoms with Crippen molar-refractivity contribution in [1.29, 1.82) is 0 Å². The van der Waals surface area contributed by atoms with Gasteiger partial charge in [0.15, 0.2) is 46.6 Å². The van der Waals surface area contributed by atoms with Crippen LogP contribution in [0.4, 0.5) is 0 Å². The van der Waals surface area contributed by atoms with Crippen molar-refractivity contribution in [2.75, 3.05) is 0 Å². The predicted molar refractivity (Wildman–Crippen MR) is 312 cm³/mol. The molecule has 10 heterocycles. The Balaban J connectivity index is 0.000000132. The van der Waals surface area contributed by atoms with E-state index in [1.165, 1.54) is 0 Å². The van der Waals surface area contributed by atoms with E-state index in [0.717, 1.165) is 87.6 Å². The molecule has 0 atom stereocenters. The normalized spacial score (nSPS) is 11.9. The molecule has 382 valence electrons. The molecule has 0 spiro atoms. The van der Waals surface area contributed by atoms with E-state index < -0.39 is 0 Å². The number of benzene rings is 8. The van der Waals surface area contributed by atoms with Crippen LogP contribution in [0.1, 0.15) is 0 Å². The Labute approximate surface area is 467 Å². The number of hydrogen-bond acceptors (Lipinski definition) is 12. The summed E-state index contributed by atoms with van der Waals surface area (Å²) in [6, 6.07) is 64.5. The zero-order valence-electron chi connectivity index (χ0n) is 42.1. The van der Waals surface area contributed by atoms with Crippen LogP contribution in [0.15, 0.2) is 194 Å². The SMILES string of the molecule is [Cu+].c1ccc2c(c1)-c1nc-2nc2[nH]c(nc3nc(nc4[nH]c(n1)c1ccccc41)-c1ccccc1-3)c1ccccc21.c1ccc2c(c1)-c1nc-2nc2[nH]c(nc3nc(nc4[nH]c(n1)c1ccccc41)-c1ccccc1-3)c1ccccc21. The van der Waals surface area contributed by atoms with E-state index in [9.17, 15) is 0 Å². The minimum atomic E-state index is 0. The monoisotopic (exact) mass is 1090 g/mol. The van der Waals surface area contributed by atoms with Crippen LogP contribution in [0.2, 0.25) is 0 Å². The molecule has 18 rings (SSSR count). The van der Waals surface area contributed by atoms with Crippen molar-refractivity contribution in [3.8, 4) is 91.1 Å². The molecule has 14 aromatic rings. The first-order valence-electron chi connectivity index (χ1n) is 26.0. The van der Waals surface area contributed by atoms with E-state index >= 15 is 0 Å². The molecule has 0 aliphatic carbocycles. The molecular weight excluding hydrogens is 1060 g/mol. The van der Waals surface area contributed by atoms with Gasteiger partial charge in [-0.05, 0) is 0 Å². The van der Waals surface area contributed by atoms with Crippen LogP contribution in [0.3, 0.4) is 0 Å². The van der Waals surface area contributed by atoms with E-state index in [4.69, 9.17) is 59.8 Å². The third kappa shape index (κ3) is 7.37. The first kappa shape index (κ1) is 46.1. The van der Waals surface area contributed by atoms with Gasteiger partial charge in [0, 0.05) is 87.6 Å². The van der Waals surface area contributed by atoms with Crippen LogP contribution in [-0.2, 0) is 17.1 Å². The molecule has 0 radical (unpaired) electrons. The molecule has 0 fully saturated rings. The first-order chi connectivity index (χ1) is 39.6. The topological polar surface area (TPSA) is 218 Å². The van der Waals surface area contributed by atoms with Crippen LogP contribution in [0.25, 0.3) is 179 Å². The van der Waals surface area contributed by atoms with Crippen molar-refractivity contribution < 1.29 is 17.1 Å². The summed E-state index contributed by atoms with van der Waals surface area (Å²) < 4.78 is 0. The first-order valence-corrected chi connectivity index (χ1v) is 26.0. The number of fused-ring (bicyclic) bond motifs is 40. The minimum Gasteiger partial charge on any atom is -0.324 e. The summed E-state index contributed by atoms with van der Waals surface area (Å²) in [4.78, 5) is 73.5. The third-order valence-electron chi connectivity index (χ3n) is 14.9. The van der Waals surface area contributed by atoms with Crippen LogP contribution < -0.4 is 0 Å². The summed E-state index contributed by atoms with van der Waals surface area (Å²) in [5.41, 5.74) is 12.9. The summed E-state index contributed by atoms with van der Waals surface area (Å²) in [5.74, 6) is 4.78. The number of aromatic nitrogens is 16. The Kier molecular flexibility index (Phi) is 10.3. The molecule has 4 aliphatic rings. The second-order valence-corrected chi connectivity index (χ2v) is 19.6. The summed E-state index contributed by atoms with van der Waals surface area (Å²) >= 11 is 0. The second kappa shape index (κ2) is 18.0. The molecule has 4 aliphatic heterocycles. The quantitative estimate of drug-likeness (QED) is 0.104. The van der Waals surface area contributed by atoms with Crippen LogP contribution in [0.5, 0.6) is 0 Å². The number of aromatic amines is 4. The number of nitrogens with one attached hydrogen (secondary N) is 4. The predicted octanol–water partition coefficient (Wildman–Crippen LogP) is 13.7. The molecule has 0 unspecified atom stereocenters. The van der Waals surface area contributed by atoms with Crippen molar-refractivity contribution >= 4 is 88.3 Å². The second-order valence-electron chi connectivity index (χ2n) is 19.6. The van der Waals surface area contributed by atoms with Crippen LogP contribution in [0, 0.1) is 0 Å². The maximum Gasteiger partial charge on any atom is 1.00 e. The molecule has 81 heavy (non-hydrogen) atoms. The maximum atomic E-state index is 5.02. The molecule has 8 aromatic carbocycles. The van der Waals surface area contributed by atoms with Crippen LogP contribution >= 0.6 is 0 Å². The van der Waals surface area contributed by atoms with Crippen molar-refractivity contribution in [3.05, 3.63) is 194 Å². The fourth-order valence-electron chi connectivity index (χ4n) is 11.2. The minimum absolute atomic E-state index is 0. The maximum absolute atomic E-state index is 5.02. The van der Waals surface area contributed by atoms with Gasteiger partial charge in [-0.2, -0.15) is 0 Å². The van der Waals surface area contributed by atoms with E-state index in [-0.39, 0.29) is 17.1 Å². The summed E-state index contributed by atoms with van der Waals surface area (Å²) in [5, 5.41) is 7.64. The Morgan fingerprint density at radius 1 is 0.160 bits per heavy atom. The number of H-pyrrole nitrogens is 4. The average Bonchev–Trinajstić information content (AvgIpc) is 4.53. The van der Waals surface area contributed by atoms with E-state index in [0.29, 0.717) is 91.8 Å². The summed E-state index contributed by atoms with van der Waals surface area (Å²) in [7, 11) is 0. The Morgan fingerprint density at radius 2 is 0.284 bits per heavy atom. The van der Waals surface area contributed by atoms with Gasteiger partial charge in [0.1, 0.15) is 45.2 Å². The third-order valence-corrected chi connectivity index (χ3v) is 14.9. The van der Waals surface area contributed by atoms with Crippen molar-refractivity contribution in [3.63, 3.8) is 0 Å². The fourth-order valence-corrected chi connectivity index (χ4v) is 11.2. The largest absolute Gasteiger partial charge is 1.00 e. The van der Waals surface area contributed by atoms with Gasteiger partial charge in [0.25, 0.3) is 0 Å². The number of rotatable bonds is 0. The average molecular weight is 1090 g/mol. The Hall–Kier alpha value is -11.0. The molecule has 16 nitrogen and oxygen atoms in total. The molecular formula is C64H36CuN16+. The molecule has 6 aromatic heterocycles. The van der Waals surface area contributed by atoms with Gasteiger partial charge in [-0.1, -0.05) is 194 Å². The van der Waals surface area contributed by atoms with Crippen molar-refractivity contribution in [2.24, 2.45) is 0 Å². The van der Waals surface area contributed by atoms with Crippen molar-refractivity contribution in [2.45, 2.75) is 0 Å². The van der Waals surface area contributed by atoms with Crippen LogP contribution in [-0.4, -0.2) is 79.7 Å². The molecule has 17 heteroatoms. The van der Waals surface area contributed by atoms with Gasteiger partial charge < -0.3 is 19.9 Å². The molecule has 16 bridgehead atoms. The van der Waals surface area contributed by atoms with E-state index in [1.807, 2.05) is 194 Å². The fraction of sp³-hybridized carbons (Fsp3) is 0. The molecule has 0 saturated carbocycles. The van der Waals surface area contributed by atoms with Crippen molar-refractivity contribution in [1.82, 2.24) is 79.7 Å². The molecule has 0 amide bonds. The zero-order valence-corrected chi connectivity index (χ0v) is 43.1. The van der Waals surface area contributed by atoms with E-state index in [2.05, 4.69) is 19.9 Å². The van der Waals surface area contributed by atoms with Gasteiger partial charge in [0.05, 0.1) is 0 Å². The Bertz CT molecular complexity index is 4390. The van der Waals surface area contributed by atoms with Gasteiger partial charge in [0.2, 0.25) is 0 Å². The number of hydrogen-bond donors (Lipinski definition) is 4. The summed E-state index contributed by atoms with van der Waals surface area (Å²) in [6.07, 6.45) is 0. The van der Waals surface area contributed by atoms with Gasteiger partial charge in [-0.3, -0.25) is 0 Å². The van der Waals surface area contributed by atoms with E-state index in [1.54, 1.807) is 0 Å².